The summed E-state index contributed by atoms with van der Waals surface area (Å²) in [6.45, 7) is 4.03. The van der Waals surface area contributed by atoms with E-state index >= 15 is 0 Å². The van der Waals surface area contributed by atoms with Crippen LogP contribution in [0.4, 0.5) is 11.6 Å². The van der Waals surface area contributed by atoms with Gasteiger partial charge in [0.05, 0.1) is 6.54 Å². The van der Waals surface area contributed by atoms with E-state index in [1.165, 1.54) is 0 Å². The fourth-order valence-corrected chi connectivity index (χ4v) is 3.15. The number of hydrogen-bond donors (Lipinski definition) is 2. The Kier molecular flexibility index (Phi) is 5.05. The quantitative estimate of drug-likeness (QED) is 0.880. The highest BCUT2D eigenvalue weighted by Crippen LogP contribution is 2.26. The zero-order valence-electron chi connectivity index (χ0n) is 13.9. The maximum absolute atomic E-state index is 11.1. The lowest BCUT2D eigenvalue weighted by molar-refractivity contribution is -0.119. The number of nitrogens with two attached hydrogens (primary N) is 1. The Balaban J connectivity index is 1.71. The van der Waals surface area contributed by atoms with Crippen LogP contribution < -0.4 is 11.1 Å². The Hall–Kier alpha value is -2.47. The van der Waals surface area contributed by atoms with Crippen molar-refractivity contribution < 1.29 is 4.79 Å². The molecular formula is C18H23N5O. The van der Waals surface area contributed by atoms with E-state index in [1.807, 2.05) is 43.3 Å². The molecule has 3 heterocycles. The molecule has 1 saturated heterocycles. The van der Waals surface area contributed by atoms with Crippen molar-refractivity contribution in [3.05, 3.63) is 47.8 Å². The van der Waals surface area contributed by atoms with E-state index in [0.717, 1.165) is 49.0 Å². The second-order valence-electron chi connectivity index (χ2n) is 6.28. The lowest BCUT2D eigenvalue weighted by atomic mass is 9.94. The summed E-state index contributed by atoms with van der Waals surface area (Å²) in [5, 5.41) is 3.26. The van der Waals surface area contributed by atoms with Gasteiger partial charge in [-0.05, 0) is 50.6 Å². The van der Waals surface area contributed by atoms with Gasteiger partial charge in [0.25, 0.3) is 0 Å². The highest BCUT2D eigenvalue weighted by Gasteiger charge is 2.23. The first-order valence-electron chi connectivity index (χ1n) is 8.28. The summed E-state index contributed by atoms with van der Waals surface area (Å²) in [6, 6.07) is 11.9. The van der Waals surface area contributed by atoms with E-state index in [1.54, 1.807) is 0 Å². The molecule has 1 fully saturated rings. The average Bonchev–Trinajstić information content (AvgIpc) is 2.55. The molecule has 6 nitrogen and oxygen atoms in total. The number of anilines is 2. The molecule has 6 heteroatoms. The van der Waals surface area contributed by atoms with E-state index in [-0.39, 0.29) is 5.91 Å². The zero-order chi connectivity index (χ0) is 16.9. The third-order valence-corrected chi connectivity index (χ3v) is 4.22. The number of amides is 1. The van der Waals surface area contributed by atoms with E-state index in [2.05, 4.69) is 15.2 Å². The number of rotatable bonds is 5. The molecule has 0 unspecified atom stereocenters. The van der Waals surface area contributed by atoms with E-state index in [9.17, 15) is 4.79 Å². The molecule has 0 spiro atoms. The number of nitrogens with one attached hydrogen (secondary N) is 1. The molecule has 0 saturated carbocycles. The Labute approximate surface area is 142 Å². The van der Waals surface area contributed by atoms with Crippen LogP contribution in [0.3, 0.4) is 0 Å². The molecule has 2 aromatic rings. The van der Waals surface area contributed by atoms with Crippen molar-refractivity contribution in [2.45, 2.75) is 25.7 Å². The van der Waals surface area contributed by atoms with E-state index < -0.39 is 0 Å². The van der Waals surface area contributed by atoms with Crippen LogP contribution in [0.25, 0.3) is 0 Å². The monoisotopic (exact) mass is 325 g/mol. The van der Waals surface area contributed by atoms with Gasteiger partial charge in [-0.15, -0.1) is 0 Å². The van der Waals surface area contributed by atoms with Crippen molar-refractivity contribution in [1.82, 2.24) is 14.9 Å². The van der Waals surface area contributed by atoms with Crippen molar-refractivity contribution >= 4 is 17.5 Å². The first-order valence-corrected chi connectivity index (χ1v) is 8.28. The van der Waals surface area contributed by atoms with Gasteiger partial charge in [-0.2, -0.15) is 0 Å². The Morgan fingerprint density at radius 3 is 2.75 bits per heavy atom. The minimum absolute atomic E-state index is 0.274. The molecular weight excluding hydrogens is 302 g/mol. The zero-order valence-corrected chi connectivity index (χ0v) is 13.9. The maximum atomic E-state index is 11.1. The Morgan fingerprint density at radius 2 is 2.00 bits per heavy atom. The van der Waals surface area contributed by atoms with Crippen LogP contribution in [0.2, 0.25) is 0 Å². The van der Waals surface area contributed by atoms with Crippen molar-refractivity contribution in [2.75, 3.05) is 25.0 Å². The first kappa shape index (κ1) is 16.4. The van der Waals surface area contributed by atoms with E-state index in [0.29, 0.717) is 12.5 Å². The molecule has 0 aromatic carbocycles. The van der Waals surface area contributed by atoms with E-state index in [4.69, 9.17) is 10.7 Å². The Bertz CT molecular complexity index is 718. The van der Waals surface area contributed by atoms with Gasteiger partial charge in [0, 0.05) is 23.9 Å². The fourth-order valence-electron chi connectivity index (χ4n) is 3.15. The molecule has 1 amide bonds. The average molecular weight is 325 g/mol. The van der Waals surface area contributed by atoms with Gasteiger partial charge < -0.3 is 11.1 Å². The predicted molar refractivity (Wildman–Crippen MR) is 94.1 cm³/mol. The molecule has 3 N–H and O–H groups in total. The number of aromatic nitrogens is 2. The van der Waals surface area contributed by atoms with Crippen LogP contribution in [0.15, 0.2) is 36.4 Å². The molecule has 1 aliphatic rings. The molecule has 0 radical (unpaired) electrons. The van der Waals surface area contributed by atoms with Gasteiger partial charge in [0.1, 0.15) is 11.6 Å². The third-order valence-electron chi connectivity index (χ3n) is 4.22. The first-order chi connectivity index (χ1) is 11.6. The number of primary amides is 1. The van der Waals surface area contributed by atoms with Gasteiger partial charge in [-0.25, -0.2) is 9.97 Å². The minimum atomic E-state index is -0.274. The number of nitrogens with zero attached hydrogens (tertiary/aromatic N) is 3. The third kappa shape index (κ3) is 4.29. The largest absolute Gasteiger partial charge is 0.369 e. The number of pyridine rings is 2. The lowest BCUT2D eigenvalue weighted by Crippen LogP contribution is -2.40. The molecule has 126 valence electrons. The smallest absolute Gasteiger partial charge is 0.231 e. The molecule has 2 aromatic heterocycles. The van der Waals surface area contributed by atoms with Gasteiger partial charge in [0.15, 0.2) is 0 Å². The lowest BCUT2D eigenvalue weighted by Gasteiger charge is -2.31. The van der Waals surface area contributed by atoms with Crippen molar-refractivity contribution in [3.63, 3.8) is 0 Å². The summed E-state index contributed by atoms with van der Waals surface area (Å²) >= 11 is 0. The number of likely N-dealkylation sites (tertiary alicyclic amines) is 1. The Morgan fingerprint density at radius 1 is 1.25 bits per heavy atom. The topological polar surface area (TPSA) is 84.1 Å². The number of carbonyl (C=O) groups excluding carboxylic acids is 1. The summed E-state index contributed by atoms with van der Waals surface area (Å²) in [6.07, 6.45) is 2.13. The van der Waals surface area contributed by atoms with Crippen LogP contribution in [0, 0.1) is 6.92 Å². The maximum Gasteiger partial charge on any atom is 0.231 e. The highest BCUT2D eigenvalue weighted by molar-refractivity contribution is 5.75. The van der Waals surface area contributed by atoms with Crippen molar-refractivity contribution in [3.8, 4) is 0 Å². The normalized spacial score (nSPS) is 18.3. The van der Waals surface area contributed by atoms with Gasteiger partial charge in [-0.1, -0.05) is 12.1 Å². The number of aryl methyl sites for hydroxylation is 1. The van der Waals surface area contributed by atoms with Crippen molar-refractivity contribution in [2.24, 2.45) is 5.73 Å². The second kappa shape index (κ2) is 7.40. The molecule has 0 bridgehead atoms. The predicted octanol–water partition coefficient (Wildman–Crippen LogP) is 2.19. The summed E-state index contributed by atoms with van der Waals surface area (Å²) < 4.78 is 0. The van der Waals surface area contributed by atoms with Crippen LogP contribution >= 0.6 is 0 Å². The van der Waals surface area contributed by atoms with Crippen molar-refractivity contribution in [1.29, 1.82) is 0 Å². The SMILES string of the molecule is Cc1cccc(Nc2cccc([C@H]3CCCN(CC(N)=O)C3)n2)n1. The molecule has 3 rings (SSSR count). The van der Waals surface area contributed by atoms with Gasteiger partial charge >= 0.3 is 0 Å². The highest BCUT2D eigenvalue weighted by atomic mass is 16.1. The van der Waals surface area contributed by atoms with Crippen LogP contribution in [-0.4, -0.2) is 40.4 Å². The fraction of sp³-hybridized carbons (Fsp3) is 0.389. The molecule has 24 heavy (non-hydrogen) atoms. The standard InChI is InChI=1S/C18H23N5O/c1-13-5-2-8-17(20-13)22-18-9-3-7-15(21-18)14-6-4-10-23(11-14)12-16(19)24/h2-3,5,7-9,14H,4,6,10-12H2,1H3,(H2,19,24)(H,20,21,22)/t14-/m0/s1. The molecule has 1 aliphatic heterocycles. The summed E-state index contributed by atoms with van der Waals surface area (Å²) in [5.41, 5.74) is 7.32. The number of carbonyl (C=O) groups is 1. The van der Waals surface area contributed by atoms with Gasteiger partial charge in [-0.3, -0.25) is 9.69 Å². The summed E-state index contributed by atoms with van der Waals surface area (Å²) in [7, 11) is 0. The summed E-state index contributed by atoms with van der Waals surface area (Å²) in [5.74, 6) is 1.63. The number of piperidine rings is 1. The minimum Gasteiger partial charge on any atom is -0.369 e. The molecule has 1 atom stereocenters. The molecule has 0 aliphatic carbocycles. The summed E-state index contributed by atoms with van der Waals surface area (Å²) in [4.78, 5) is 22.4. The van der Waals surface area contributed by atoms with Gasteiger partial charge in [0.2, 0.25) is 5.91 Å². The van der Waals surface area contributed by atoms with Crippen LogP contribution in [0.1, 0.15) is 30.1 Å². The second-order valence-corrected chi connectivity index (χ2v) is 6.28. The van der Waals surface area contributed by atoms with Crippen LogP contribution in [0.5, 0.6) is 0 Å². The van der Waals surface area contributed by atoms with Crippen LogP contribution in [-0.2, 0) is 4.79 Å². The number of hydrogen-bond acceptors (Lipinski definition) is 5.